The maximum atomic E-state index is 13.0. The van der Waals surface area contributed by atoms with E-state index < -0.39 is 31.1 Å². The minimum atomic E-state index is -3.85. The van der Waals surface area contributed by atoms with Crippen molar-refractivity contribution in [1.29, 1.82) is 0 Å². The number of nitrogens with one attached hydrogen (secondary N) is 1. The topological polar surface area (TPSA) is 102 Å². The summed E-state index contributed by atoms with van der Waals surface area (Å²) in [5, 5.41) is 2.50. The molecule has 2 N–H and O–H groups in total. The highest BCUT2D eigenvalue weighted by Gasteiger charge is 2.36. The summed E-state index contributed by atoms with van der Waals surface area (Å²) in [4.78, 5) is 34.9. The Labute approximate surface area is 180 Å². The molecule has 3 atom stereocenters. The van der Waals surface area contributed by atoms with Crippen molar-refractivity contribution in [3.05, 3.63) is 35.9 Å². The Morgan fingerprint density at radius 2 is 1.77 bits per heavy atom. The maximum absolute atomic E-state index is 13.0. The number of rotatable bonds is 14. The molecule has 8 heteroatoms. The van der Waals surface area contributed by atoms with Gasteiger partial charge in [-0.15, -0.1) is 0 Å². The van der Waals surface area contributed by atoms with E-state index >= 15 is 0 Å². The van der Waals surface area contributed by atoms with Crippen molar-refractivity contribution in [3.63, 3.8) is 0 Å². The number of carbonyl (C=O) groups excluding carboxylic acids is 2. The molecule has 0 aliphatic heterocycles. The zero-order valence-electron chi connectivity index (χ0n) is 18.3. The van der Waals surface area contributed by atoms with Crippen LogP contribution in [0.15, 0.2) is 30.3 Å². The van der Waals surface area contributed by atoms with Crippen molar-refractivity contribution in [1.82, 2.24) is 5.32 Å². The summed E-state index contributed by atoms with van der Waals surface area (Å²) in [5.74, 6) is -2.13. The van der Waals surface area contributed by atoms with E-state index in [9.17, 15) is 19.0 Å². The van der Waals surface area contributed by atoms with Gasteiger partial charge in [0.15, 0.2) is 0 Å². The first-order valence-corrected chi connectivity index (χ1v) is 12.6. The van der Waals surface area contributed by atoms with Crippen LogP contribution in [0.25, 0.3) is 0 Å². The second-order valence-corrected chi connectivity index (χ2v) is 9.99. The number of benzene rings is 1. The monoisotopic (exact) mass is 441 g/mol. The van der Waals surface area contributed by atoms with Gasteiger partial charge in [-0.25, -0.2) is 4.79 Å². The minimum absolute atomic E-state index is 0.0708. The summed E-state index contributed by atoms with van der Waals surface area (Å²) in [5.41, 5.74) is 0.821. The standard InChI is InChI=1S/C22H36NO6P/c1-4-6-7-8-12-15-19(21(24)28-3)17-30(26,27)20(5-2)23-22(25)29-16-18-13-10-9-11-14-18/h9-11,13-14,19-20H,4-8,12,15-17H2,1-3H3,(H,23,25)(H,26,27). The zero-order valence-corrected chi connectivity index (χ0v) is 19.2. The second-order valence-electron chi connectivity index (χ2n) is 7.49. The first kappa shape index (κ1) is 26.2. The lowest BCUT2D eigenvalue weighted by Crippen LogP contribution is -2.36. The second kappa shape index (κ2) is 14.2. The molecule has 0 heterocycles. The molecule has 1 rings (SSSR count). The summed E-state index contributed by atoms with van der Waals surface area (Å²) >= 11 is 0. The molecule has 0 fully saturated rings. The van der Waals surface area contributed by atoms with Crippen LogP contribution in [0, 0.1) is 5.92 Å². The SMILES string of the molecule is CCCCCCCC(CP(=O)(O)C(CC)NC(=O)OCc1ccccc1)C(=O)OC. The Hall–Kier alpha value is -1.85. The Morgan fingerprint density at radius 1 is 1.10 bits per heavy atom. The average Bonchev–Trinajstić information content (AvgIpc) is 2.75. The third-order valence-corrected chi connectivity index (χ3v) is 7.48. The minimum Gasteiger partial charge on any atom is -0.469 e. The molecule has 1 aromatic carbocycles. The van der Waals surface area contributed by atoms with Gasteiger partial charge in [-0.2, -0.15) is 0 Å². The van der Waals surface area contributed by atoms with E-state index in [-0.39, 0.29) is 19.2 Å². The number of hydrogen-bond donors (Lipinski definition) is 2. The first-order chi connectivity index (χ1) is 14.3. The van der Waals surface area contributed by atoms with Crippen LogP contribution in [0.5, 0.6) is 0 Å². The lowest BCUT2D eigenvalue weighted by atomic mass is 10.0. The van der Waals surface area contributed by atoms with Crippen molar-refractivity contribution < 1.29 is 28.5 Å². The molecule has 1 aromatic rings. The summed E-state index contributed by atoms with van der Waals surface area (Å²) in [6.07, 6.45) is 4.87. The Kier molecular flexibility index (Phi) is 12.4. The lowest BCUT2D eigenvalue weighted by molar-refractivity contribution is -0.145. The quantitative estimate of drug-likeness (QED) is 0.237. The van der Waals surface area contributed by atoms with E-state index in [4.69, 9.17) is 9.47 Å². The van der Waals surface area contributed by atoms with E-state index in [2.05, 4.69) is 12.2 Å². The predicted octanol–water partition coefficient (Wildman–Crippen LogP) is 5.07. The normalized spacial score (nSPS) is 14.9. The predicted molar refractivity (Wildman–Crippen MR) is 117 cm³/mol. The molecular weight excluding hydrogens is 405 g/mol. The average molecular weight is 442 g/mol. The van der Waals surface area contributed by atoms with E-state index in [0.717, 1.165) is 37.7 Å². The smallest absolute Gasteiger partial charge is 0.408 e. The Bertz CT molecular complexity index is 681. The Morgan fingerprint density at radius 3 is 2.37 bits per heavy atom. The molecule has 170 valence electrons. The maximum Gasteiger partial charge on any atom is 0.408 e. The fourth-order valence-electron chi connectivity index (χ4n) is 3.28. The van der Waals surface area contributed by atoms with Crippen molar-refractivity contribution >= 4 is 19.4 Å². The molecule has 0 spiro atoms. The summed E-state index contributed by atoms with van der Waals surface area (Å²) in [6.45, 7) is 3.91. The van der Waals surface area contributed by atoms with Crippen LogP contribution in [-0.4, -0.2) is 36.0 Å². The van der Waals surface area contributed by atoms with E-state index in [1.54, 1.807) is 6.92 Å². The van der Waals surface area contributed by atoms with Crippen LogP contribution in [-0.2, 0) is 25.4 Å². The summed E-state index contributed by atoms with van der Waals surface area (Å²) in [7, 11) is -2.57. The summed E-state index contributed by atoms with van der Waals surface area (Å²) in [6, 6.07) is 9.18. The van der Waals surface area contributed by atoms with E-state index in [1.807, 2.05) is 30.3 Å². The van der Waals surface area contributed by atoms with Crippen LogP contribution in [0.1, 0.15) is 64.4 Å². The fourth-order valence-corrected chi connectivity index (χ4v) is 5.37. The molecule has 0 radical (unpaired) electrons. The molecular formula is C22H36NO6P. The van der Waals surface area contributed by atoms with Gasteiger partial charge >= 0.3 is 12.1 Å². The van der Waals surface area contributed by atoms with Crippen molar-refractivity contribution in [2.75, 3.05) is 13.3 Å². The van der Waals surface area contributed by atoms with Gasteiger partial charge in [0.05, 0.1) is 13.0 Å². The van der Waals surface area contributed by atoms with Gasteiger partial charge in [-0.3, -0.25) is 9.36 Å². The van der Waals surface area contributed by atoms with Crippen LogP contribution in [0.2, 0.25) is 0 Å². The largest absolute Gasteiger partial charge is 0.469 e. The molecule has 0 aliphatic rings. The number of ether oxygens (including phenoxy) is 2. The molecule has 3 unspecified atom stereocenters. The third-order valence-electron chi connectivity index (χ3n) is 5.04. The molecule has 0 aliphatic carbocycles. The van der Waals surface area contributed by atoms with Gasteiger partial charge in [0.1, 0.15) is 12.4 Å². The molecule has 30 heavy (non-hydrogen) atoms. The van der Waals surface area contributed by atoms with Crippen molar-refractivity contribution in [3.8, 4) is 0 Å². The lowest BCUT2D eigenvalue weighted by Gasteiger charge is -2.25. The van der Waals surface area contributed by atoms with Crippen LogP contribution < -0.4 is 5.32 Å². The van der Waals surface area contributed by atoms with Gasteiger partial charge in [-0.05, 0) is 18.4 Å². The van der Waals surface area contributed by atoms with E-state index in [1.165, 1.54) is 7.11 Å². The Balaban J connectivity index is 2.64. The molecule has 0 saturated heterocycles. The molecule has 7 nitrogen and oxygen atoms in total. The summed E-state index contributed by atoms with van der Waals surface area (Å²) < 4.78 is 23.0. The molecule has 0 aromatic heterocycles. The number of unbranched alkanes of at least 4 members (excludes halogenated alkanes) is 4. The third kappa shape index (κ3) is 9.77. The highest BCUT2D eigenvalue weighted by molar-refractivity contribution is 7.58. The van der Waals surface area contributed by atoms with Crippen molar-refractivity contribution in [2.45, 2.75) is 71.2 Å². The highest BCUT2D eigenvalue weighted by atomic mass is 31.2. The van der Waals surface area contributed by atoms with Crippen LogP contribution >= 0.6 is 7.37 Å². The van der Waals surface area contributed by atoms with Gasteiger partial charge in [0, 0.05) is 6.16 Å². The highest BCUT2D eigenvalue weighted by Crippen LogP contribution is 2.49. The van der Waals surface area contributed by atoms with Crippen LogP contribution in [0.3, 0.4) is 0 Å². The number of alkyl carbamates (subject to hydrolysis) is 1. The number of methoxy groups -OCH3 is 1. The number of carbonyl (C=O) groups is 2. The van der Waals surface area contributed by atoms with Gasteiger partial charge in [0.25, 0.3) is 0 Å². The number of esters is 1. The van der Waals surface area contributed by atoms with Gasteiger partial charge in [-0.1, -0.05) is 76.3 Å². The molecule has 1 amide bonds. The van der Waals surface area contributed by atoms with Gasteiger partial charge in [0.2, 0.25) is 7.37 Å². The van der Waals surface area contributed by atoms with E-state index in [0.29, 0.717) is 6.42 Å². The number of amides is 1. The van der Waals surface area contributed by atoms with Crippen LogP contribution in [0.4, 0.5) is 4.79 Å². The molecule has 0 saturated carbocycles. The fraction of sp³-hybridized carbons (Fsp3) is 0.636. The first-order valence-electron chi connectivity index (χ1n) is 10.7. The van der Waals surface area contributed by atoms with Crippen molar-refractivity contribution in [2.24, 2.45) is 5.92 Å². The number of hydrogen-bond acceptors (Lipinski definition) is 5. The van der Waals surface area contributed by atoms with Gasteiger partial charge < -0.3 is 19.7 Å². The molecule has 0 bridgehead atoms. The zero-order chi connectivity index (χ0) is 22.4.